The molecule has 0 saturated heterocycles. The van der Waals surface area contributed by atoms with Crippen LogP contribution in [0.2, 0.25) is 13.1 Å². The number of thiazole rings is 1. The molecular formula is C7H12N2OSSi. The summed E-state index contributed by atoms with van der Waals surface area (Å²) in [6.07, 6.45) is 1.77. The van der Waals surface area contributed by atoms with E-state index in [0.29, 0.717) is 0 Å². The molecule has 0 unspecified atom stereocenters. The van der Waals surface area contributed by atoms with Crippen LogP contribution in [-0.4, -0.2) is 19.7 Å². The lowest BCUT2D eigenvalue weighted by atomic mass is 10.5. The third-order valence-electron chi connectivity index (χ3n) is 1.14. The Kier molecular flexibility index (Phi) is 3.42. The zero-order chi connectivity index (χ0) is 8.97. The minimum Gasteiger partial charge on any atom is -0.459 e. The van der Waals surface area contributed by atoms with Gasteiger partial charge in [-0.3, -0.25) is 0 Å². The Balaban J connectivity index is 2.59. The number of oxime groups is 1. The summed E-state index contributed by atoms with van der Waals surface area (Å²) in [6.45, 7) is 6.08. The van der Waals surface area contributed by atoms with Crippen LogP contribution in [-0.2, 0) is 4.53 Å². The van der Waals surface area contributed by atoms with Gasteiger partial charge in [-0.25, -0.2) is 4.98 Å². The fourth-order valence-electron chi connectivity index (χ4n) is 0.626. The maximum absolute atomic E-state index is 5.22. The summed E-state index contributed by atoms with van der Waals surface area (Å²) in [7, 11) is -1.04. The predicted octanol–water partition coefficient (Wildman–Crippen LogP) is 1.87. The highest BCUT2D eigenvalue weighted by atomic mass is 32.1. The van der Waals surface area contributed by atoms with Crippen LogP contribution in [0.25, 0.3) is 0 Å². The van der Waals surface area contributed by atoms with E-state index in [4.69, 9.17) is 4.53 Å². The second kappa shape index (κ2) is 4.37. The lowest BCUT2D eigenvalue weighted by Gasteiger charge is -2.01. The van der Waals surface area contributed by atoms with Gasteiger partial charge < -0.3 is 4.53 Å². The summed E-state index contributed by atoms with van der Waals surface area (Å²) in [4.78, 5) is 4.12. The highest BCUT2D eigenvalue weighted by molar-refractivity contribution is 7.11. The van der Waals surface area contributed by atoms with Crippen molar-refractivity contribution in [2.75, 3.05) is 0 Å². The third kappa shape index (κ3) is 2.75. The van der Waals surface area contributed by atoms with Gasteiger partial charge in [0.2, 0.25) is 0 Å². The van der Waals surface area contributed by atoms with Crippen molar-refractivity contribution >= 4 is 26.1 Å². The van der Waals surface area contributed by atoms with E-state index in [1.165, 1.54) is 0 Å². The van der Waals surface area contributed by atoms with Crippen molar-refractivity contribution in [1.29, 1.82) is 0 Å². The molecule has 12 heavy (non-hydrogen) atoms. The first-order valence-corrected chi connectivity index (χ1v) is 7.46. The first-order valence-electron chi connectivity index (χ1n) is 3.80. The lowest BCUT2D eigenvalue weighted by Crippen LogP contribution is -2.05. The second-order valence-electron chi connectivity index (χ2n) is 2.67. The summed E-state index contributed by atoms with van der Waals surface area (Å²) in [5.74, 6) is 0. The minimum absolute atomic E-state index is 0.867. The summed E-state index contributed by atoms with van der Waals surface area (Å²) < 4.78 is 5.22. The van der Waals surface area contributed by atoms with Crippen molar-refractivity contribution in [2.45, 2.75) is 20.0 Å². The lowest BCUT2D eigenvalue weighted by molar-refractivity contribution is 0.352. The average molecular weight is 200 g/mol. The van der Waals surface area contributed by atoms with Crippen LogP contribution in [0.15, 0.2) is 16.7 Å². The Morgan fingerprint density at radius 3 is 2.92 bits per heavy atom. The van der Waals surface area contributed by atoms with Gasteiger partial charge in [-0.2, -0.15) is 0 Å². The van der Waals surface area contributed by atoms with Gasteiger partial charge >= 0.3 is 0 Å². The molecule has 0 bridgehead atoms. The predicted molar refractivity (Wildman–Crippen MR) is 54.3 cm³/mol. The molecule has 1 rings (SSSR count). The molecule has 0 aromatic carbocycles. The molecule has 0 fully saturated rings. The molecule has 66 valence electrons. The van der Waals surface area contributed by atoms with Gasteiger partial charge in [0.1, 0.15) is 10.7 Å². The Morgan fingerprint density at radius 2 is 2.42 bits per heavy atom. The van der Waals surface area contributed by atoms with Crippen LogP contribution >= 0.6 is 11.3 Å². The molecule has 1 aromatic heterocycles. The Hall–Kier alpha value is -0.683. The van der Waals surface area contributed by atoms with Crippen LogP contribution in [0.5, 0.6) is 0 Å². The summed E-state index contributed by atoms with van der Waals surface area (Å²) in [5, 5.41) is 6.86. The monoisotopic (exact) mass is 200 g/mol. The van der Waals surface area contributed by atoms with Crippen molar-refractivity contribution in [3.05, 3.63) is 16.6 Å². The van der Waals surface area contributed by atoms with Crippen LogP contribution in [0, 0.1) is 0 Å². The topological polar surface area (TPSA) is 34.5 Å². The number of aromatic nitrogens is 1. The summed E-state index contributed by atoms with van der Waals surface area (Å²) in [6, 6.07) is 0. The van der Waals surface area contributed by atoms with Gasteiger partial charge in [-0.15, -0.1) is 16.5 Å². The van der Waals surface area contributed by atoms with E-state index in [-0.39, 0.29) is 0 Å². The molecule has 0 radical (unpaired) electrons. The first-order chi connectivity index (χ1) is 5.70. The van der Waals surface area contributed by atoms with E-state index in [0.717, 1.165) is 10.7 Å². The highest BCUT2D eigenvalue weighted by Crippen LogP contribution is 2.05. The molecule has 5 heteroatoms. The van der Waals surface area contributed by atoms with Crippen molar-refractivity contribution in [3.8, 4) is 0 Å². The molecule has 0 saturated carbocycles. The van der Waals surface area contributed by atoms with Gasteiger partial charge in [0.05, 0.1) is 0 Å². The molecular weight excluding hydrogens is 188 g/mol. The van der Waals surface area contributed by atoms with Gasteiger partial charge in [0, 0.05) is 11.6 Å². The molecule has 0 aliphatic rings. The molecule has 0 spiro atoms. The molecule has 1 aromatic rings. The molecule has 0 N–H and O–H groups in total. The Bertz CT molecular complexity index is 258. The largest absolute Gasteiger partial charge is 0.459 e. The van der Waals surface area contributed by atoms with E-state index < -0.39 is 9.04 Å². The van der Waals surface area contributed by atoms with Crippen molar-refractivity contribution in [2.24, 2.45) is 5.16 Å². The quantitative estimate of drug-likeness (QED) is 0.424. The highest BCUT2D eigenvalue weighted by Gasteiger charge is 2.00. The molecule has 0 aliphatic heterocycles. The van der Waals surface area contributed by atoms with Gasteiger partial charge in [-0.05, 0) is 20.0 Å². The maximum atomic E-state index is 5.22. The Labute approximate surface area is 77.8 Å². The standard InChI is InChI=1S/C7H12N2OSSi/c1-6(9-10-12(2)3)7-8-4-5-11-7/h4-5,12H,1-3H3. The SMILES string of the molecule is CC(=NO[SiH](C)C)c1nccs1. The van der Waals surface area contributed by atoms with Gasteiger partial charge in [0.15, 0.2) is 0 Å². The molecule has 0 aliphatic carbocycles. The summed E-state index contributed by atoms with van der Waals surface area (Å²) >= 11 is 1.58. The van der Waals surface area contributed by atoms with Gasteiger partial charge in [0.25, 0.3) is 9.04 Å². The Morgan fingerprint density at radius 1 is 1.67 bits per heavy atom. The van der Waals surface area contributed by atoms with Gasteiger partial charge in [-0.1, -0.05) is 0 Å². The smallest absolute Gasteiger partial charge is 0.266 e. The maximum Gasteiger partial charge on any atom is 0.266 e. The number of rotatable bonds is 3. The number of hydrogen-bond acceptors (Lipinski definition) is 4. The molecule has 0 amide bonds. The van der Waals surface area contributed by atoms with Crippen LogP contribution < -0.4 is 0 Å². The van der Waals surface area contributed by atoms with E-state index >= 15 is 0 Å². The second-order valence-corrected chi connectivity index (χ2v) is 5.87. The van der Waals surface area contributed by atoms with Crippen molar-refractivity contribution < 1.29 is 4.53 Å². The van der Waals surface area contributed by atoms with E-state index in [1.807, 2.05) is 12.3 Å². The molecule has 3 nitrogen and oxygen atoms in total. The minimum atomic E-state index is -1.04. The van der Waals surface area contributed by atoms with Crippen molar-refractivity contribution in [1.82, 2.24) is 4.98 Å². The first kappa shape index (κ1) is 9.41. The number of hydrogen-bond donors (Lipinski definition) is 0. The summed E-state index contributed by atoms with van der Waals surface area (Å²) in [5.41, 5.74) is 0.867. The molecule has 1 heterocycles. The fraction of sp³-hybridized carbons (Fsp3) is 0.429. The van der Waals surface area contributed by atoms with E-state index in [9.17, 15) is 0 Å². The average Bonchev–Trinajstić information content (AvgIpc) is 2.51. The van der Waals surface area contributed by atoms with E-state index in [1.54, 1.807) is 17.5 Å². The number of nitrogens with zero attached hydrogens (tertiary/aromatic N) is 2. The fourth-order valence-corrected chi connectivity index (χ4v) is 1.57. The zero-order valence-corrected chi connectivity index (χ0v) is 9.41. The van der Waals surface area contributed by atoms with E-state index in [2.05, 4.69) is 23.2 Å². The normalized spacial score (nSPS) is 12.2. The molecule has 0 atom stereocenters. The van der Waals surface area contributed by atoms with Crippen LogP contribution in [0.3, 0.4) is 0 Å². The van der Waals surface area contributed by atoms with Crippen molar-refractivity contribution in [3.63, 3.8) is 0 Å². The zero-order valence-electron chi connectivity index (χ0n) is 7.44. The third-order valence-corrected chi connectivity index (χ3v) is 2.55. The van der Waals surface area contributed by atoms with Crippen LogP contribution in [0.1, 0.15) is 11.9 Å². The van der Waals surface area contributed by atoms with Crippen LogP contribution in [0.4, 0.5) is 0 Å².